The number of nitrogens with zero attached hydrogens (tertiary/aromatic N) is 1. The minimum Gasteiger partial charge on any atom is -0.264 e. The summed E-state index contributed by atoms with van der Waals surface area (Å²) in [5, 5.41) is 0.496. The lowest BCUT2D eigenvalue weighted by molar-refractivity contribution is 0.581. The van der Waals surface area contributed by atoms with Crippen LogP contribution in [0.3, 0.4) is 0 Å². The molecule has 0 fully saturated rings. The Bertz CT molecular complexity index is 691. The van der Waals surface area contributed by atoms with Gasteiger partial charge in [-0.05, 0) is 36.2 Å². The van der Waals surface area contributed by atoms with Crippen LogP contribution in [0.25, 0.3) is 0 Å². The molecular formula is C13H12Cl2N2O2S. The number of rotatable bonds is 5. The van der Waals surface area contributed by atoms with Crippen molar-refractivity contribution in [2.45, 2.75) is 11.3 Å². The van der Waals surface area contributed by atoms with Gasteiger partial charge in [0.05, 0.1) is 5.02 Å². The zero-order chi connectivity index (χ0) is 14.6. The van der Waals surface area contributed by atoms with Gasteiger partial charge in [0.2, 0.25) is 10.0 Å². The average molecular weight is 331 g/mol. The van der Waals surface area contributed by atoms with Crippen molar-refractivity contribution in [1.82, 2.24) is 9.71 Å². The number of benzene rings is 1. The van der Waals surface area contributed by atoms with Crippen LogP contribution in [0.4, 0.5) is 0 Å². The second-order valence-electron chi connectivity index (χ2n) is 4.08. The van der Waals surface area contributed by atoms with E-state index >= 15 is 0 Å². The Morgan fingerprint density at radius 1 is 1.20 bits per heavy atom. The molecule has 1 aromatic heterocycles. The van der Waals surface area contributed by atoms with Gasteiger partial charge in [-0.25, -0.2) is 13.1 Å². The minimum absolute atomic E-state index is 0.0229. The molecule has 0 unspecified atom stereocenters. The maximum Gasteiger partial charge on any atom is 0.242 e. The Morgan fingerprint density at radius 3 is 2.65 bits per heavy atom. The third-order valence-electron chi connectivity index (χ3n) is 2.61. The molecule has 2 rings (SSSR count). The Kier molecular flexibility index (Phi) is 4.99. The largest absolute Gasteiger partial charge is 0.264 e. The van der Waals surface area contributed by atoms with Gasteiger partial charge in [-0.1, -0.05) is 29.3 Å². The standard InChI is InChI=1S/C13H12Cl2N2O2S/c14-11-3-4-13(12(15)8-11)20(18,19)17-7-5-10-2-1-6-16-9-10/h1-4,6,8-9,17H,5,7H2. The molecule has 0 radical (unpaired) electrons. The highest BCUT2D eigenvalue weighted by molar-refractivity contribution is 7.89. The Hall–Kier alpha value is -1.14. The number of hydrogen-bond acceptors (Lipinski definition) is 3. The van der Waals surface area contributed by atoms with E-state index < -0.39 is 10.0 Å². The smallest absolute Gasteiger partial charge is 0.242 e. The highest BCUT2D eigenvalue weighted by atomic mass is 35.5. The molecule has 0 saturated heterocycles. The van der Waals surface area contributed by atoms with Gasteiger partial charge in [-0.2, -0.15) is 0 Å². The Labute approximate surface area is 127 Å². The van der Waals surface area contributed by atoms with Gasteiger partial charge in [-0.3, -0.25) is 4.98 Å². The third kappa shape index (κ3) is 3.93. The summed E-state index contributed by atoms with van der Waals surface area (Å²) in [6.07, 6.45) is 3.92. The lowest BCUT2D eigenvalue weighted by atomic mass is 10.2. The molecule has 0 amide bonds. The van der Waals surface area contributed by atoms with E-state index in [-0.39, 0.29) is 16.5 Å². The van der Waals surface area contributed by atoms with Crippen LogP contribution in [0.1, 0.15) is 5.56 Å². The minimum atomic E-state index is -3.64. The van der Waals surface area contributed by atoms with Crippen LogP contribution in [-0.2, 0) is 16.4 Å². The van der Waals surface area contributed by atoms with Crippen molar-refractivity contribution in [3.8, 4) is 0 Å². The van der Waals surface area contributed by atoms with Crippen molar-refractivity contribution in [1.29, 1.82) is 0 Å². The molecule has 1 N–H and O–H groups in total. The van der Waals surface area contributed by atoms with Crippen molar-refractivity contribution in [3.05, 3.63) is 58.3 Å². The van der Waals surface area contributed by atoms with E-state index in [2.05, 4.69) is 9.71 Å². The zero-order valence-electron chi connectivity index (χ0n) is 10.4. The maximum atomic E-state index is 12.1. The topological polar surface area (TPSA) is 59.1 Å². The monoisotopic (exact) mass is 330 g/mol. The van der Waals surface area contributed by atoms with Crippen molar-refractivity contribution < 1.29 is 8.42 Å². The normalized spacial score (nSPS) is 11.5. The predicted molar refractivity (Wildman–Crippen MR) is 79.6 cm³/mol. The molecule has 4 nitrogen and oxygen atoms in total. The number of halogens is 2. The first kappa shape index (κ1) is 15.3. The number of aromatic nitrogens is 1. The summed E-state index contributed by atoms with van der Waals surface area (Å²) in [6, 6.07) is 7.97. The molecule has 0 spiro atoms. The lowest BCUT2D eigenvalue weighted by Gasteiger charge is -2.08. The van der Waals surface area contributed by atoms with Crippen LogP contribution in [0.2, 0.25) is 10.0 Å². The van der Waals surface area contributed by atoms with E-state index in [4.69, 9.17) is 23.2 Å². The Balaban J connectivity index is 2.04. The molecule has 7 heteroatoms. The van der Waals surface area contributed by atoms with E-state index in [1.807, 2.05) is 6.07 Å². The fourth-order valence-electron chi connectivity index (χ4n) is 1.65. The molecule has 0 atom stereocenters. The SMILES string of the molecule is O=S(=O)(NCCc1cccnc1)c1ccc(Cl)cc1Cl. The molecule has 1 aromatic carbocycles. The van der Waals surface area contributed by atoms with Crippen LogP contribution < -0.4 is 4.72 Å². The van der Waals surface area contributed by atoms with Crippen molar-refractivity contribution in [2.24, 2.45) is 0 Å². The van der Waals surface area contributed by atoms with Gasteiger partial charge in [0.15, 0.2) is 0 Å². The summed E-state index contributed by atoms with van der Waals surface area (Å²) >= 11 is 11.6. The van der Waals surface area contributed by atoms with Gasteiger partial charge >= 0.3 is 0 Å². The van der Waals surface area contributed by atoms with Gasteiger partial charge < -0.3 is 0 Å². The highest BCUT2D eigenvalue weighted by Crippen LogP contribution is 2.24. The van der Waals surface area contributed by atoms with Crippen LogP contribution >= 0.6 is 23.2 Å². The number of sulfonamides is 1. The van der Waals surface area contributed by atoms with Crippen LogP contribution in [0, 0.1) is 0 Å². The number of hydrogen-bond donors (Lipinski definition) is 1. The van der Waals surface area contributed by atoms with E-state index in [1.165, 1.54) is 18.2 Å². The molecule has 20 heavy (non-hydrogen) atoms. The second kappa shape index (κ2) is 6.54. The second-order valence-corrected chi connectivity index (χ2v) is 6.66. The summed E-state index contributed by atoms with van der Waals surface area (Å²) in [5.74, 6) is 0. The molecule has 0 aliphatic rings. The quantitative estimate of drug-likeness (QED) is 0.916. The lowest BCUT2D eigenvalue weighted by Crippen LogP contribution is -2.26. The van der Waals surface area contributed by atoms with Crippen molar-refractivity contribution >= 4 is 33.2 Å². The third-order valence-corrected chi connectivity index (χ3v) is 4.79. The zero-order valence-corrected chi connectivity index (χ0v) is 12.7. The highest BCUT2D eigenvalue weighted by Gasteiger charge is 2.17. The first-order valence-electron chi connectivity index (χ1n) is 5.83. The van der Waals surface area contributed by atoms with E-state index in [0.29, 0.717) is 11.4 Å². The molecule has 106 valence electrons. The molecule has 0 aliphatic heterocycles. The number of nitrogens with one attached hydrogen (secondary N) is 1. The van der Waals surface area contributed by atoms with Gasteiger partial charge in [0.25, 0.3) is 0 Å². The fraction of sp³-hybridized carbons (Fsp3) is 0.154. The summed E-state index contributed by atoms with van der Waals surface area (Å²) in [4.78, 5) is 3.99. The summed E-state index contributed by atoms with van der Waals surface area (Å²) in [7, 11) is -3.64. The molecule has 0 bridgehead atoms. The van der Waals surface area contributed by atoms with Crippen LogP contribution in [0.5, 0.6) is 0 Å². The molecule has 0 aliphatic carbocycles. The van der Waals surface area contributed by atoms with Gasteiger partial charge in [0, 0.05) is 24.0 Å². The molecular weight excluding hydrogens is 319 g/mol. The van der Waals surface area contributed by atoms with Crippen LogP contribution in [0.15, 0.2) is 47.6 Å². The Morgan fingerprint density at radius 2 is 2.00 bits per heavy atom. The summed E-state index contributed by atoms with van der Waals surface area (Å²) in [6.45, 7) is 0.271. The average Bonchev–Trinajstić information content (AvgIpc) is 2.39. The van der Waals surface area contributed by atoms with Gasteiger partial charge in [0.1, 0.15) is 4.90 Å². The molecule has 0 saturated carbocycles. The van der Waals surface area contributed by atoms with E-state index in [1.54, 1.807) is 18.5 Å². The van der Waals surface area contributed by atoms with Gasteiger partial charge in [-0.15, -0.1) is 0 Å². The molecule has 2 aromatic rings. The van der Waals surface area contributed by atoms with E-state index in [9.17, 15) is 8.42 Å². The fourth-order valence-corrected chi connectivity index (χ4v) is 3.45. The first-order valence-corrected chi connectivity index (χ1v) is 8.06. The van der Waals surface area contributed by atoms with Crippen molar-refractivity contribution in [2.75, 3.05) is 6.54 Å². The molecule has 1 heterocycles. The number of pyridine rings is 1. The van der Waals surface area contributed by atoms with Crippen LogP contribution in [-0.4, -0.2) is 19.9 Å². The van der Waals surface area contributed by atoms with Crippen molar-refractivity contribution in [3.63, 3.8) is 0 Å². The first-order chi connectivity index (χ1) is 9.49. The summed E-state index contributed by atoms with van der Waals surface area (Å²) in [5.41, 5.74) is 0.956. The summed E-state index contributed by atoms with van der Waals surface area (Å²) < 4.78 is 26.7. The van der Waals surface area contributed by atoms with E-state index in [0.717, 1.165) is 5.56 Å². The predicted octanol–water partition coefficient (Wildman–Crippen LogP) is 2.91. The maximum absolute atomic E-state index is 12.1.